The van der Waals surface area contributed by atoms with Gasteiger partial charge in [-0.1, -0.05) is 42.5 Å². The van der Waals surface area contributed by atoms with Crippen LogP contribution in [0.3, 0.4) is 0 Å². The number of aromatic nitrogens is 2. The van der Waals surface area contributed by atoms with Crippen molar-refractivity contribution in [2.45, 2.75) is 39.1 Å². The molecule has 2 aromatic carbocycles. The minimum Gasteiger partial charge on any atom is -0.480 e. The van der Waals surface area contributed by atoms with Crippen molar-refractivity contribution in [1.82, 2.24) is 9.55 Å². The van der Waals surface area contributed by atoms with E-state index in [9.17, 15) is 13.2 Å². The number of nitrogens with zero attached hydrogens (tertiary/aromatic N) is 2. The first-order valence-electron chi connectivity index (χ1n) is 11.6. The zero-order chi connectivity index (χ0) is 25.3. The average molecular weight is 495 g/mol. The highest BCUT2D eigenvalue weighted by Gasteiger charge is 2.30. The summed E-state index contributed by atoms with van der Waals surface area (Å²) in [6, 6.07) is 17.0. The van der Waals surface area contributed by atoms with Gasteiger partial charge >= 0.3 is 6.18 Å². The molecule has 4 aromatic rings. The lowest BCUT2D eigenvalue weighted by Crippen LogP contribution is -2.23. The van der Waals surface area contributed by atoms with Crippen molar-refractivity contribution in [2.75, 3.05) is 6.79 Å². The third-order valence-corrected chi connectivity index (χ3v) is 6.43. The lowest BCUT2D eigenvalue weighted by atomic mass is 10.1. The molecule has 0 aliphatic carbocycles. The Kier molecular flexibility index (Phi) is 6.35. The Bertz CT molecular complexity index is 1390. The topological polar surface area (TPSA) is 45.5 Å². The molecule has 186 valence electrons. The molecule has 1 unspecified atom stereocenters. The van der Waals surface area contributed by atoms with Gasteiger partial charge in [-0.05, 0) is 42.7 Å². The lowest BCUT2D eigenvalue weighted by molar-refractivity contribution is -0.137. The highest BCUT2D eigenvalue weighted by atomic mass is 19.4. The summed E-state index contributed by atoms with van der Waals surface area (Å²) in [4.78, 5) is 4.58. The van der Waals surface area contributed by atoms with E-state index < -0.39 is 17.8 Å². The smallest absolute Gasteiger partial charge is 0.416 e. The number of hydrogen-bond acceptors (Lipinski definition) is 4. The molecule has 1 aliphatic heterocycles. The fourth-order valence-corrected chi connectivity index (χ4v) is 4.39. The molecule has 0 fully saturated rings. The number of pyridine rings is 1. The van der Waals surface area contributed by atoms with Crippen LogP contribution in [0, 0.1) is 13.8 Å². The molecule has 0 bridgehead atoms. The molecule has 1 aliphatic rings. The number of rotatable bonds is 7. The summed E-state index contributed by atoms with van der Waals surface area (Å²) >= 11 is 0. The van der Waals surface area contributed by atoms with E-state index in [1.807, 2.05) is 48.7 Å². The number of halogens is 3. The second-order valence-electron chi connectivity index (χ2n) is 8.74. The molecule has 3 heterocycles. The number of fused-ring (bicyclic) bond motifs is 1. The number of alkyl halides is 3. The highest BCUT2D eigenvalue weighted by molar-refractivity contribution is 5.86. The summed E-state index contributed by atoms with van der Waals surface area (Å²) in [6.45, 7) is 4.47. The molecular formula is C28H25F3N2O3. The van der Waals surface area contributed by atoms with Crippen LogP contribution in [0.15, 0.2) is 78.9 Å². The fourth-order valence-electron chi connectivity index (χ4n) is 4.39. The second-order valence-corrected chi connectivity index (χ2v) is 8.74. The molecule has 0 saturated carbocycles. The normalized spacial score (nSPS) is 14.3. The van der Waals surface area contributed by atoms with E-state index in [4.69, 9.17) is 14.2 Å². The van der Waals surface area contributed by atoms with Gasteiger partial charge in [0.15, 0.2) is 11.9 Å². The van der Waals surface area contributed by atoms with E-state index in [0.29, 0.717) is 24.5 Å². The molecule has 0 spiro atoms. The van der Waals surface area contributed by atoms with Crippen LogP contribution in [0.1, 0.15) is 27.9 Å². The molecular weight excluding hydrogens is 469 g/mol. The van der Waals surface area contributed by atoms with Gasteiger partial charge in [0.2, 0.25) is 6.79 Å². The van der Waals surface area contributed by atoms with Gasteiger partial charge in [-0.2, -0.15) is 13.2 Å². The predicted octanol–water partition coefficient (Wildman–Crippen LogP) is 6.56. The summed E-state index contributed by atoms with van der Waals surface area (Å²) in [5.74, 6) is 1.21. The SMILES string of the molecule is Cc1c(C)n(Cc2ccc(C(F)(F)F)cc2)c2c(OC(Cc3ccccc3)C3=COCO3)ccnc12. The Morgan fingerprint density at radius 2 is 1.75 bits per heavy atom. The van der Waals surface area contributed by atoms with Gasteiger partial charge in [0.1, 0.15) is 17.5 Å². The Morgan fingerprint density at radius 3 is 2.42 bits per heavy atom. The van der Waals surface area contributed by atoms with Gasteiger partial charge in [0.25, 0.3) is 0 Å². The van der Waals surface area contributed by atoms with Gasteiger partial charge in [0, 0.05) is 30.9 Å². The number of ether oxygens (including phenoxy) is 3. The quantitative estimate of drug-likeness (QED) is 0.292. The number of aryl methyl sites for hydroxylation is 1. The highest BCUT2D eigenvalue weighted by Crippen LogP contribution is 2.34. The molecule has 0 saturated heterocycles. The molecule has 2 aromatic heterocycles. The molecule has 8 heteroatoms. The van der Waals surface area contributed by atoms with E-state index in [0.717, 1.165) is 45.6 Å². The zero-order valence-electron chi connectivity index (χ0n) is 19.9. The lowest BCUT2D eigenvalue weighted by Gasteiger charge is -2.20. The standard InChI is InChI=1S/C28H25F3N2O3/c1-18-19(2)33(15-21-8-10-22(11-9-21)28(29,30)31)27-23(12-13-32-26(18)27)36-24(25-16-34-17-35-25)14-20-6-4-3-5-7-20/h3-13,16,24H,14-15,17H2,1-2H3. The zero-order valence-corrected chi connectivity index (χ0v) is 19.9. The Morgan fingerprint density at radius 1 is 1.00 bits per heavy atom. The van der Waals surface area contributed by atoms with Crippen molar-refractivity contribution in [3.05, 3.63) is 107 Å². The first-order valence-corrected chi connectivity index (χ1v) is 11.6. The third-order valence-electron chi connectivity index (χ3n) is 6.43. The van der Waals surface area contributed by atoms with Gasteiger partial charge in [-0.15, -0.1) is 0 Å². The van der Waals surface area contributed by atoms with Gasteiger partial charge in [-0.25, -0.2) is 0 Å². The van der Waals surface area contributed by atoms with Crippen LogP contribution in [0.4, 0.5) is 13.2 Å². The molecule has 0 amide bonds. The van der Waals surface area contributed by atoms with Crippen LogP contribution < -0.4 is 4.74 Å². The van der Waals surface area contributed by atoms with E-state index >= 15 is 0 Å². The van der Waals surface area contributed by atoms with E-state index in [1.54, 1.807) is 18.5 Å². The maximum absolute atomic E-state index is 13.0. The summed E-state index contributed by atoms with van der Waals surface area (Å²) in [5.41, 5.74) is 4.68. The molecule has 0 N–H and O–H groups in total. The number of hydrogen-bond donors (Lipinski definition) is 0. The second kappa shape index (κ2) is 9.60. The van der Waals surface area contributed by atoms with Crippen molar-refractivity contribution < 1.29 is 27.4 Å². The first-order chi connectivity index (χ1) is 17.3. The predicted molar refractivity (Wildman–Crippen MR) is 129 cm³/mol. The van der Waals surface area contributed by atoms with Crippen molar-refractivity contribution in [1.29, 1.82) is 0 Å². The van der Waals surface area contributed by atoms with Crippen LogP contribution in [-0.2, 0) is 28.6 Å². The van der Waals surface area contributed by atoms with Crippen LogP contribution in [0.25, 0.3) is 11.0 Å². The maximum Gasteiger partial charge on any atom is 0.416 e. The molecule has 1 atom stereocenters. The molecule has 36 heavy (non-hydrogen) atoms. The third kappa shape index (κ3) is 4.76. The summed E-state index contributed by atoms with van der Waals surface area (Å²) < 4.78 is 58.6. The van der Waals surface area contributed by atoms with E-state index in [-0.39, 0.29) is 6.79 Å². The van der Waals surface area contributed by atoms with Crippen molar-refractivity contribution in [3.8, 4) is 5.75 Å². The largest absolute Gasteiger partial charge is 0.480 e. The van der Waals surface area contributed by atoms with Crippen LogP contribution in [-0.4, -0.2) is 22.4 Å². The average Bonchev–Trinajstić information content (AvgIpc) is 3.49. The Balaban J connectivity index is 1.52. The van der Waals surface area contributed by atoms with Crippen molar-refractivity contribution >= 4 is 11.0 Å². The number of benzene rings is 2. The first kappa shape index (κ1) is 23.8. The minimum absolute atomic E-state index is 0.137. The van der Waals surface area contributed by atoms with Crippen molar-refractivity contribution in [3.63, 3.8) is 0 Å². The molecule has 5 nitrogen and oxygen atoms in total. The molecule has 0 radical (unpaired) electrons. The van der Waals surface area contributed by atoms with Crippen LogP contribution in [0.2, 0.25) is 0 Å². The van der Waals surface area contributed by atoms with Gasteiger partial charge in [0.05, 0.1) is 11.1 Å². The van der Waals surface area contributed by atoms with E-state index in [2.05, 4.69) is 4.98 Å². The monoisotopic (exact) mass is 494 g/mol. The van der Waals surface area contributed by atoms with Gasteiger partial charge < -0.3 is 18.8 Å². The summed E-state index contributed by atoms with van der Waals surface area (Å²) in [7, 11) is 0. The van der Waals surface area contributed by atoms with Crippen molar-refractivity contribution in [2.24, 2.45) is 0 Å². The van der Waals surface area contributed by atoms with Crippen LogP contribution >= 0.6 is 0 Å². The minimum atomic E-state index is -4.37. The van der Waals surface area contributed by atoms with E-state index in [1.165, 1.54) is 12.1 Å². The Labute approximate surface area is 206 Å². The van der Waals surface area contributed by atoms with Crippen LogP contribution in [0.5, 0.6) is 5.75 Å². The van der Waals surface area contributed by atoms with Gasteiger partial charge in [-0.3, -0.25) is 4.98 Å². The summed E-state index contributed by atoms with van der Waals surface area (Å²) in [5, 5.41) is 0. The molecule has 5 rings (SSSR count). The fraction of sp³-hybridized carbons (Fsp3) is 0.250. The maximum atomic E-state index is 13.0. The summed E-state index contributed by atoms with van der Waals surface area (Å²) in [6.07, 6.45) is -0.964. The Hall–Kier alpha value is -3.94.